The van der Waals surface area contributed by atoms with Crippen LogP contribution in [0.15, 0.2) is 24.3 Å². The Kier molecular flexibility index (Phi) is 5.73. The predicted molar refractivity (Wildman–Crippen MR) is 68.0 cm³/mol. The van der Waals surface area contributed by atoms with Crippen LogP contribution in [-0.4, -0.2) is 29.4 Å². The predicted octanol–water partition coefficient (Wildman–Crippen LogP) is 1.84. The van der Waals surface area contributed by atoms with Crippen molar-refractivity contribution in [3.8, 4) is 0 Å². The van der Waals surface area contributed by atoms with Crippen molar-refractivity contribution < 1.29 is 24.2 Å². The number of Topliss-reactive ketones (excluding diaryl/α,β-unsaturated/α-hetero) is 1. The monoisotopic (exact) mass is 264 g/mol. The van der Waals surface area contributed by atoms with E-state index < -0.39 is 11.9 Å². The summed E-state index contributed by atoms with van der Waals surface area (Å²) in [5, 5.41) is 8.97. The molecule has 5 nitrogen and oxygen atoms in total. The van der Waals surface area contributed by atoms with E-state index >= 15 is 0 Å². The molecule has 1 N–H and O–H groups in total. The number of carbonyl (C=O) groups is 3. The van der Waals surface area contributed by atoms with Crippen molar-refractivity contribution in [1.82, 2.24) is 0 Å². The number of benzene rings is 1. The van der Waals surface area contributed by atoms with E-state index in [4.69, 9.17) is 9.84 Å². The van der Waals surface area contributed by atoms with Crippen LogP contribution in [0.4, 0.5) is 0 Å². The maximum absolute atomic E-state index is 11.3. The second-order valence-corrected chi connectivity index (χ2v) is 4.13. The molecule has 0 aliphatic rings. The third-order valence-corrected chi connectivity index (χ3v) is 2.56. The highest BCUT2D eigenvalue weighted by molar-refractivity contribution is 5.89. The van der Waals surface area contributed by atoms with Crippen LogP contribution in [0.2, 0.25) is 0 Å². The third kappa shape index (κ3) is 5.33. The summed E-state index contributed by atoms with van der Waals surface area (Å²) in [4.78, 5) is 32.9. The van der Waals surface area contributed by atoms with Crippen molar-refractivity contribution >= 4 is 17.7 Å². The third-order valence-electron chi connectivity index (χ3n) is 2.56. The zero-order chi connectivity index (χ0) is 14.3. The molecular weight excluding hydrogens is 248 g/mol. The fourth-order valence-electron chi connectivity index (χ4n) is 1.57. The van der Waals surface area contributed by atoms with Gasteiger partial charge in [0.1, 0.15) is 5.78 Å². The van der Waals surface area contributed by atoms with Gasteiger partial charge < -0.3 is 14.6 Å². The summed E-state index contributed by atoms with van der Waals surface area (Å²) in [6.07, 6.45) is 0.578. The lowest BCUT2D eigenvalue weighted by molar-refractivity contribution is -0.144. The maximum Gasteiger partial charge on any atom is 0.335 e. The quantitative estimate of drug-likeness (QED) is 0.760. The highest BCUT2D eigenvalue weighted by atomic mass is 16.5. The average molecular weight is 264 g/mol. The van der Waals surface area contributed by atoms with E-state index in [1.165, 1.54) is 13.0 Å². The van der Waals surface area contributed by atoms with Gasteiger partial charge in [-0.2, -0.15) is 0 Å². The standard InChI is InChI=1S/C14H16O5/c1-10(15)6-7-13(16)19-9-8-11-4-2-3-5-12(11)14(17)18/h2-5H,6-9H2,1H3,(H,17,18). The van der Waals surface area contributed by atoms with Crippen molar-refractivity contribution in [2.45, 2.75) is 26.2 Å². The van der Waals surface area contributed by atoms with Crippen LogP contribution < -0.4 is 0 Å². The number of carboxylic acids is 1. The molecule has 0 aliphatic carbocycles. The molecular formula is C14H16O5. The molecule has 0 saturated carbocycles. The first-order chi connectivity index (χ1) is 9.00. The summed E-state index contributed by atoms with van der Waals surface area (Å²) in [5.41, 5.74) is 0.830. The first-order valence-electron chi connectivity index (χ1n) is 5.97. The van der Waals surface area contributed by atoms with Crippen molar-refractivity contribution in [2.24, 2.45) is 0 Å². The highest BCUT2D eigenvalue weighted by Gasteiger charge is 2.10. The molecule has 0 radical (unpaired) electrons. The Hall–Kier alpha value is -2.17. The van der Waals surface area contributed by atoms with Crippen LogP contribution in [0.25, 0.3) is 0 Å². The van der Waals surface area contributed by atoms with Crippen LogP contribution in [0.1, 0.15) is 35.7 Å². The van der Waals surface area contributed by atoms with Crippen LogP contribution in [-0.2, 0) is 20.7 Å². The number of carboxylic acid groups (broad SMARTS) is 1. The lowest BCUT2D eigenvalue weighted by Crippen LogP contribution is -2.11. The van der Waals surface area contributed by atoms with E-state index in [1.54, 1.807) is 18.2 Å². The number of aromatic carboxylic acids is 1. The Morgan fingerprint density at radius 1 is 1.16 bits per heavy atom. The molecule has 0 unspecified atom stereocenters. The van der Waals surface area contributed by atoms with Gasteiger partial charge in [-0.05, 0) is 18.6 Å². The van der Waals surface area contributed by atoms with Crippen molar-refractivity contribution in [2.75, 3.05) is 6.61 Å². The summed E-state index contributed by atoms with van der Waals surface area (Å²) in [7, 11) is 0. The van der Waals surface area contributed by atoms with Gasteiger partial charge >= 0.3 is 11.9 Å². The zero-order valence-electron chi connectivity index (χ0n) is 10.7. The average Bonchev–Trinajstić information content (AvgIpc) is 2.36. The molecule has 1 rings (SSSR count). The molecule has 0 fully saturated rings. The normalized spacial score (nSPS) is 9.95. The Bertz CT molecular complexity index is 478. The first-order valence-corrected chi connectivity index (χ1v) is 5.97. The molecule has 102 valence electrons. The van der Waals surface area contributed by atoms with Gasteiger partial charge in [-0.25, -0.2) is 4.79 Å². The van der Waals surface area contributed by atoms with Crippen LogP contribution in [0.5, 0.6) is 0 Å². The van der Waals surface area contributed by atoms with Gasteiger partial charge in [0, 0.05) is 12.8 Å². The van der Waals surface area contributed by atoms with Crippen LogP contribution in [0.3, 0.4) is 0 Å². The number of esters is 1. The van der Waals surface area contributed by atoms with Crippen molar-refractivity contribution in [3.63, 3.8) is 0 Å². The Morgan fingerprint density at radius 2 is 1.84 bits per heavy atom. The van der Waals surface area contributed by atoms with Crippen LogP contribution in [0, 0.1) is 0 Å². The zero-order valence-corrected chi connectivity index (χ0v) is 10.7. The number of rotatable bonds is 7. The number of ether oxygens (including phenoxy) is 1. The van der Waals surface area contributed by atoms with Crippen molar-refractivity contribution in [3.05, 3.63) is 35.4 Å². The summed E-state index contributed by atoms with van der Waals surface area (Å²) in [6.45, 7) is 1.53. The Labute approximate surface area is 111 Å². The lowest BCUT2D eigenvalue weighted by Gasteiger charge is -2.07. The maximum atomic E-state index is 11.3. The molecule has 19 heavy (non-hydrogen) atoms. The van der Waals surface area contributed by atoms with Gasteiger partial charge in [0.2, 0.25) is 0 Å². The minimum absolute atomic E-state index is 0.0619. The van der Waals surface area contributed by atoms with E-state index in [2.05, 4.69) is 0 Å². The van der Waals surface area contributed by atoms with E-state index in [0.29, 0.717) is 12.0 Å². The van der Waals surface area contributed by atoms with Gasteiger partial charge in [0.05, 0.1) is 18.6 Å². The number of carbonyl (C=O) groups excluding carboxylic acids is 2. The molecule has 0 atom stereocenters. The van der Waals surface area contributed by atoms with E-state index in [9.17, 15) is 14.4 Å². The second kappa shape index (κ2) is 7.31. The summed E-state index contributed by atoms with van der Waals surface area (Å²) in [6, 6.07) is 6.58. The second-order valence-electron chi connectivity index (χ2n) is 4.13. The van der Waals surface area contributed by atoms with E-state index in [0.717, 1.165) is 0 Å². The highest BCUT2D eigenvalue weighted by Crippen LogP contribution is 2.09. The van der Waals surface area contributed by atoms with E-state index in [-0.39, 0.29) is 30.8 Å². The first kappa shape index (κ1) is 14.9. The van der Waals surface area contributed by atoms with Gasteiger partial charge in [0.25, 0.3) is 0 Å². The molecule has 0 aromatic heterocycles. The number of hydrogen-bond acceptors (Lipinski definition) is 4. The minimum Gasteiger partial charge on any atom is -0.478 e. The van der Waals surface area contributed by atoms with E-state index in [1.807, 2.05) is 0 Å². The smallest absolute Gasteiger partial charge is 0.335 e. The van der Waals surface area contributed by atoms with Gasteiger partial charge in [-0.15, -0.1) is 0 Å². The fourth-order valence-corrected chi connectivity index (χ4v) is 1.57. The Morgan fingerprint density at radius 3 is 2.47 bits per heavy atom. The Balaban J connectivity index is 2.43. The van der Waals surface area contributed by atoms with Gasteiger partial charge in [-0.3, -0.25) is 4.79 Å². The van der Waals surface area contributed by atoms with Gasteiger partial charge in [-0.1, -0.05) is 18.2 Å². The largest absolute Gasteiger partial charge is 0.478 e. The lowest BCUT2D eigenvalue weighted by atomic mass is 10.1. The van der Waals surface area contributed by atoms with Crippen LogP contribution >= 0.6 is 0 Å². The molecule has 1 aromatic rings. The molecule has 0 aliphatic heterocycles. The molecule has 0 bridgehead atoms. The fraction of sp³-hybridized carbons (Fsp3) is 0.357. The topological polar surface area (TPSA) is 80.7 Å². The number of hydrogen-bond donors (Lipinski definition) is 1. The summed E-state index contributed by atoms with van der Waals surface area (Å²) < 4.78 is 4.95. The molecule has 5 heteroatoms. The minimum atomic E-state index is -1.00. The molecule has 0 heterocycles. The molecule has 1 aromatic carbocycles. The SMILES string of the molecule is CC(=O)CCC(=O)OCCc1ccccc1C(=O)O. The number of ketones is 1. The summed E-state index contributed by atoms with van der Waals surface area (Å²) >= 11 is 0. The molecule has 0 spiro atoms. The summed E-state index contributed by atoms with van der Waals surface area (Å²) in [5.74, 6) is -1.50. The van der Waals surface area contributed by atoms with Crippen molar-refractivity contribution in [1.29, 1.82) is 0 Å². The molecule has 0 amide bonds. The molecule has 0 saturated heterocycles. The van der Waals surface area contributed by atoms with Gasteiger partial charge in [0.15, 0.2) is 0 Å².